The van der Waals surface area contributed by atoms with Gasteiger partial charge in [-0.05, 0) is 265 Å². The van der Waals surface area contributed by atoms with Crippen LogP contribution in [-0.2, 0) is 0 Å². The molecule has 5 unspecified atom stereocenters. The van der Waals surface area contributed by atoms with Gasteiger partial charge in [-0.25, -0.2) is 0 Å². The minimum Gasteiger partial charge on any atom is -0.382 e. The molecule has 7 aliphatic rings. The van der Waals surface area contributed by atoms with E-state index in [1.54, 1.807) is 0 Å². The molecule has 0 saturated carbocycles. The number of piperidine rings is 7. The summed E-state index contributed by atoms with van der Waals surface area (Å²) in [6, 6.07) is 18.4. The summed E-state index contributed by atoms with van der Waals surface area (Å²) in [6.45, 7) is 55.8. The monoisotopic (exact) mass is 1140 g/mol. The smallest absolute Gasteiger partial charge is 0.0342 e. The fourth-order valence-corrected chi connectivity index (χ4v) is 12.4. The molecule has 478 valence electrons. The number of likely N-dealkylation sites (tertiary alicyclic amines) is 7. The third kappa shape index (κ3) is 32.2. The van der Waals surface area contributed by atoms with Crippen LogP contribution < -0.4 is 33.2 Å². The second-order valence-electron chi connectivity index (χ2n) is 28.1. The molecule has 7 saturated heterocycles. The minimum atomic E-state index is 0.103. The Labute approximate surface area is 504 Å². The number of nitrogens with two attached hydrogens (primary N) is 3. The Kier molecular flexibility index (Phi) is 38.8. The molecule has 0 bridgehead atoms. The van der Waals surface area contributed by atoms with E-state index in [4.69, 9.17) is 17.2 Å². The second kappa shape index (κ2) is 41.6. The molecular weight excluding hydrogens is 999 g/mol. The van der Waals surface area contributed by atoms with E-state index in [1.165, 1.54) is 168 Å². The van der Waals surface area contributed by atoms with E-state index in [-0.39, 0.29) is 5.54 Å². The second-order valence-corrected chi connectivity index (χ2v) is 28.1. The van der Waals surface area contributed by atoms with Crippen LogP contribution in [0.15, 0.2) is 30.3 Å². The number of likely N-dealkylation sites (N-methyl/N-ethyl adjacent to an activating group) is 2. The maximum atomic E-state index is 6.01. The Morgan fingerprint density at radius 3 is 1.32 bits per heavy atom. The third-order valence-electron chi connectivity index (χ3n) is 19.1. The van der Waals surface area contributed by atoms with Gasteiger partial charge in [0.05, 0.1) is 0 Å². The Balaban J connectivity index is 0.000000325. The van der Waals surface area contributed by atoms with Crippen LogP contribution in [-0.4, -0.2) is 218 Å². The number of nitrogens with one attached hydrogen (secondary N) is 3. The highest BCUT2D eigenvalue weighted by atomic mass is 15.2. The van der Waals surface area contributed by atoms with Gasteiger partial charge in [0.25, 0.3) is 0 Å². The van der Waals surface area contributed by atoms with Crippen molar-refractivity contribution in [1.29, 1.82) is 0 Å². The van der Waals surface area contributed by atoms with Crippen LogP contribution in [0.2, 0.25) is 0 Å². The summed E-state index contributed by atoms with van der Waals surface area (Å²) in [6.07, 6.45) is 17.9. The van der Waals surface area contributed by atoms with Crippen molar-refractivity contribution in [3.8, 4) is 0 Å². The standard InChI is InChI=1S/C14H22N2.C10H22N2.C10H21N.2C9H20N2.2C8H18N2/c1-12(2)16-10-8-14(9-11-16)15-13-6-4-3-5-7-13;1-8(2)12-6-5-9(3)10(7-12)11-4;1-4-10-6-5-7-11(8-10)9(2)3;1-8(2)11-6-4-9(3,10)5-7-11;1-8(2)11-6-4-5-9(7-11)10-3;1-7(2)10-5-3-8(9)4-6-10;1-7(2)10-5-3-4-8(9)6-10/h3-7,12,14-15H,8-11H2,1-2H3;8-11H,5-7H2,1-4H3;9-10H,4-8H2,1-3H3;8H,4-7,10H2,1-3H3;8-10H,4-7H2,1-3H3;2*7-8H,3-6,9H2,1-2H3. The van der Waals surface area contributed by atoms with E-state index in [0.717, 1.165) is 43.3 Å². The molecule has 1 aromatic rings. The summed E-state index contributed by atoms with van der Waals surface area (Å²) in [4.78, 5) is 17.7. The maximum Gasteiger partial charge on any atom is 0.0342 e. The molecule has 7 fully saturated rings. The highest BCUT2D eigenvalue weighted by Gasteiger charge is 2.28. The fraction of sp³-hybridized carbons (Fsp3) is 0.912. The lowest BCUT2D eigenvalue weighted by Gasteiger charge is -2.39. The summed E-state index contributed by atoms with van der Waals surface area (Å²) >= 11 is 0. The summed E-state index contributed by atoms with van der Waals surface area (Å²) in [5, 5.41) is 10.4. The Bertz CT molecular complexity index is 1590. The van der Waals surface area contributed by atoms with Crippen LogP contribution in [0.25, 0.3) is 0 Å². The van der Waals surface area contributed by atoms with Crippen molar-refractivity contribution in [2.24, 2.45) is 29.0 Å². The predicted octanol–water partition coefficient (Wildman–Crippen LogP) is 10.7. The van der Waals surface area contributed by atoms with Gasteiger partial charge in [0, 0.05) is 136 Å². The zero-order chi connectivity index (χ0) is 60.7. The average molecular weight is 1140 g/mol. The molecule has 0 spiro atoms. The highest BCUT2D eigenvalue weighted by molar-refractivity contribution is 5.43. The molecular formula is C68H141N13. The van der Waals surface area contributed by atoms with E-state index in [2.05, 4.69) is 212 Å². The van der Waals surface area contributed by atoms with Gasteiger partial charge in [0.15, 0.2) is 0 Å². The Morgan fingerprint density at radius 1 is 0.457 bits per heavy atom. The molecule has 7 heterocycles. The Hall–Kier alpha value is -1.46. The SMILES string of the molecule is CC(C)N1CCC(C)(N)CC1.CC(C)N1CCC(N)CC1.CC(C)N1CCC(Nc2ccccc2)CC1.CC(C)N1CCCC(N)C1.CCC1CCCN(C(C)C)C1.CNC1CCCN(C(C)C)C1.CNC1CN(C(C)C)CCC1C. The van der Waals surface area contributed by atoms with Crippen LogP contribution in [0, 0.1) is 11.8 Å². The molecule has 0 radical (unpaired) electrons. The quantitative estimate of drug-likeness (QED) is 0.119. The molecule has 7 aliphatic heterocycles. The zero-order valence-electron chi connectivity index (χ0n) is 57.1. The number of hydrogen-bond acceptors (Lipinski definition) is 13. The van der Waals surface area contributed by atoms with Crippen molar-refractivity contribution in [3.63, 3.8) is 0 Å². The van der Waals surface area contributed by atoms with Gasteiger partial charge in [-0.2, -0.15) is 0 Å². The van der Waals surface area contributed by atoms with Gasteiger partial charge in [-0.15, -0.1) is 0 Å². The van der Waals surface area contributed by atoms with Crippen LogP contribution in [0.3, 0.4) is 0 Å². The van der Waals surface area contributed by atoms with Gasteiger partial charge < -0.3 is 52.8 Å². The van der Waals surface area contributed by atoms with Crippen molar-refractivity contribution in [1.82, 2.24) is 44.9 Å². The van der Waals surface area contributed by atoms with Gasteiger partial charge in [0.2, 0.25) is 0 Å². The normalized spacial score (nSPS) is 26.3. The first-order valence-electron chi connectivity index (χ1n) is 33.9. The molecule has 0 aromatic heterocycles. The first-order valence-corrected chi connectivity index (χ1v) is 33.9. The third-order valence-corrected chi connectivity index (χ3v) is 19.1. The van der Waals surface area contributed by atoms with Crippen molar-refractivity contribution < 1.29 is 0 Å². The minimum absolute atomic E-state index is 0.103. The van der Waals surface area contributed by atoms with Gasteiger partial charge in [-0.3, -0.25) is 14.7 Å². The average Bonchev–Trinajstić information content (AvgIpc) is 3.44. The van der Waals surface area contributed by atoms with E-state index in [1.807, 2.05) is 0 Å². The van der Waals surface area contributed by atoms with Gasteiger partial charge in [-0.1, -0.05) is 38.5 Å². The van der Waals surface area contributed by atoms with Crippen LogP contribution in [0.1, 0.15) is 208 Å². The molecule has 0 aliphatic carbocycles. The number of rotatable bonds is 12. The van der Waals surface area contributed by atoms with E-state index in [9.17, 15) is 0 Å². The largest absolute Gasteiger partial charge is 0.382 e. The predicted molar refractivity (Wildman–Crippen MR) is 358 cm³/mol. The molecule has 8 rings (SSSR count). The van der Waals surface area contributed by atoms with Crippen molar-refractivity contribution in [3.05, 3.63) is 30.3 Å². The van der Waals surface area contributed by atoms with Crippen LogP contribution >= 0.6 is 0 Å². The molecule has 0 amide bonds. The van der Waals surface area contributed by atoms with Crippen LogP contribution in [0.4, 0.5) is 5.69 Å². The van der Waals surface area contributed by atoms with Crippen molar-refractivity contribution in [2.75, 3.05) is 111 Å². The molecule has 13 heteroatoms. The summed E-state index contributed by atoms with van der Waals surface area (Å²) in [7, 11) is 4.14. The highest BCUT2D eigenvalue weighted by Crippen LogP contribution is 2.23. The number of para-hydroxylation sites is 1. The van der Waals surface area contributed by atoms with Gasteiger partial charge in [0.1, 0.15) is 0 Å². The number of anilines is 1. The summed E-state index contributed by atoms with van der Waals surface area (Å²) in [5.74, 6) is 1.82. The van der Waals surface area contributed by atoms with Gasteiger partial charge >= 0.3 is 0 Å². The molecule has 5 atom stereocenters. The molecule has 81 heavy (non-hydrogen) atoms. The molecule has 13 nitrogen and oxygen atoms in total. The first-order chi connectivity index (χ1) is 38.3. The topological polar surface area (TPSA) is 137 Å². The summed E-state index contributed by atoms with van der Waals surface area (Å²) in [5.41, 5.74) is 19.0. The van der Waals surface area contributed by atoms with Crippen molar-refractivity contribution >= 4 is 5.69 Å². The number of nitrogens with zero attached hydrogens (tertiary/aromatic N) is 7. The number of benzene rings is 1. The van der Waals surface area contributed by atoms with E-state index in [0.29, 0.717) is 60.4 Å². The molecule has 1 aromatic carbocycles. The maximum absolute atomic E-state index is 6.01. The lowest BCUT2D eigenvalue weighted by Crippen LogP contribution is -2.51. The summed E-state index contributed by atoms with van der Waals surface area (Å²) < 4.78 is 0. The fourth-order valence-electron chi connectivity index (χ4n) is 12.4. The lowest BCUT2D eigenvalue weighted by molar-refractivity contribution is 0.123. The van der Waals surface area contributed by atoms with E-state index >= 15 is 0 Å². The lowest BCUT2D eigenvalue weighted by atomic mass is 9.90. The number of hydrogen-bond donors (Lipinski definition) is 6. The van der Waals surface area contributed by atoms with E-state index < -0.39 is 0 Å². The van der Waals surface area contributed by atoms with Crippen molar-refractivity contribution in [2.45, 2.75) is 286 Å². The molecule has 9 N–H and O–H groups in total. The first kappa shape index (κ1) is 75.6. The zero-order valence-corrected chi connectivity index (χ0v) is 57.1. The van der Waals surface area contributed by atoms with Crippen LogP contribution in [0.5, 0.6) is 0 Å². The Morgan fingerprint density at radius 2 is 0.877 bits per heavy atom.